The Kier molecular flexibility index (Phi) is 9.59. The molecule has 0 aromatic rings. The summed E-state index contributed by atoms with van der Waals surface area (Å²) < 4.78 is 0. The number of piperidine rings is 1. The van der Waals surface area contributed by atoms with Crippen molar-refractivity contribution in [3.63, 3.8) is 0 Å². The van der Waals surface area contributed by atoms with Crippen LogP contribution >= 0.6 is 0 Å². The van der Waals surface area contributed by atoms with Crippen molar-refractivity contribution in [1.29, 1.82) is 0 Å². The van der Waals surface area contributed by atoms with Gasteiger partial charge in [-0.2, -0.15) is 0 Å². The zero-order valence-corrected chi connectivity index (χ0v) is 16.9. The first-order valence-electron chi connectivity index (χ1n) is 10.7. The lowest BCUT2D eigenvalue weighted by Crippen LogP contribution is -2.52. The summed E-state index contributed by atoms with van der Waals surface area (Å²) in [6, 6.07) is -0.962. The van der Waals surface area contributed by atoms with Gasteiger partial charge in [0.15, 0.2) is 0 Å². The van der Waals surface area contributed by atoms with E-state index in [2.05, 4.69) is 5.32 Å². The van der Waals surface area contributed by atoms with E-state index in [0.29, 0.717) is 13.0 Å². The molecule has 6 N–H and O–H groups in total. The summed E-state index contributed by atoms with van der Waals surface area (Å²) in [6.07, 6.45) is 3.83. The fourth-order valence-corrected chi connectivity index (χ4v) is 4.56. The molecule has 2 fully saturated rings. The molecule has 8 heteroatoms. The van der Waals surface area contributed by atoms with E-state index in [1.165, 1.54) is 6.92 Å². The number of nitrogens with one attached hydrogen (secondary N) is 1. The molecule has 2 aliphatic rings. The Morgan fingerprint density at radius 3 is 2.39 bits per heavy atom. The normalized spacial score (nSPS) is 33.1. The maximum absolute atomic E-state index is 11.7. The number of hydrogen-bond acceptors (Lipinski definition) is 7. The van der Waals surface area contributed by atoms with Crippen molar-refractivity contribution in [3.05, 3.63) is 0 Å². The standard InChI is InChI=1S/C20H38N2O6/c1-13(24)22-11-7-6-9-16(22)20(28)17(25)10-5-3-2-4-8-14-18(26)19(27)15(12-23)21-14/h14-21,23,25-28H,2-12H2,1H3/t14-,15+,16+,17+,18-,19-,20+/m1/s1. The molecular weight excluding hydrogens is 364 g/mol. The Labute approximate surface area is 167 Å². The second-order valence-corrected chi connectivity index (χ2v) is 8.37. The van der Waals surface area contributed by atoms with Gasteiger partial charge in [0.1, 0.15) is 6.10 Å². The fourth-order valence-electron chi connectivity index (χ4n) is 4.56. The number of hydrogen-bond donors (Lipinski definition) is 6. The number of carbonyl (C=O) groups is 1. The molecule has 1 amide bonds. The Balaban J connectivity index is 1.62. The molecule has 0 aliphatic carbocycles. The summed E-state index contributed by atoms with van der Waals surface area (Å²) in [5.41, 5.74) is 0. The van der Waals surface area contributed by atoms with Crippen LogP contribution in [-0.2, 0) is 4.79 Å². The number of rotatable bonds is 10. The molecule has 0 aromatic heterocycles. The maximum Gasteiger partial charge on any atom is 0.219 e. The van der Waals surface area contributed by atoms with Crippen molar-refractivity contribution in [1.82, 2.24) is 10.2 Å². The van der Waals surface area contributed by atoms with Gasteiger partial charge in [-0.1, -0.05) is 25.7 Å². The van der Waals surface area contributed by atoms with E-state index < -0.39 is 30.5 Å². The second-order valence-electron chi connectivity index (χ2n) is 8.37. The van der Waals surface area contributed by atoms with Crippen LogP contribution in [0.3, 0.4) is 0 Å². The smallest absolute Gasteiger partial charge is 0.219 e. The number of unbranched alkanes of at least 4 members (excludes halogenated alkanes) is 3. The van der Waals surface area contributed by atoms with Crippen LogP contribution in [0.15, 0.2) is 0 Å². The van der Waals surface area contributed by atoms with Gasteiger partial charge in [0, 0.05) is 19.5 Å². The highest BCUT2D eigenvalue weighted by atomic mass is 16.3. The quantitative estimate of drug-likeness (QED) is 0.272. The largest absolute Gasteiger partial charge is 0.395 e. The molecule has 28 heavy (non-hydrogen) atoms. The number of aliphatic hydroxyl groups excluding tert-OH is 5. The molecule has 0 bridgehead atoms. The minimum atomic E-state index is -0.930. The van der Waals surface area contributed by atoms with E-state index in [4.69, 9.17) is 5.11 Å². The van der Waals surface area contributed by atoms with Gasteiger partial charge in [-0.3, -0.25) is 4.79 Å². The summed E-state index contributed by atoms with van der Waals surface area (Å²) in [5, 5.41) is 52.8. The lowest BCUT2D eigenvalue weighted by Gasteiger charge is -2.39. The Morgan fingerprint density at radius 2 is 1.75 bits per heavy atom. The van der Waals surface area contributed by atoms with E-state index in [0.717, 1.165) is 51.4 Å². The summed E-state index contributed by atoms with van der Waals surface area (Å²) in [7, 11) is 0. The van der Waals surface area contributed by atoms with E-state index in [1.54, 1.807) is 4.90 Å². The van der Waals surface area contributed by atoms with Crippen molar-refractivity contribution >= 4 is 5.91 Å². The number of nitrogens with zero attached hydrogens (tertiary/aromatic N) is 1. The van der Waals surface area contributed by atoms with Crippen LogP contribution in [0.2, 0.25) is 0 Å². The first-order valence-corrected chi connectivity index (χ1v) is 10.7. The van der Waals surface area contributed by atoms with Gasteiger partial charge in [-0.05, 0) is 32.1 Å². The van der Waals surface area contributed by atoms with Gasteiger partial charge in [-0.15, -0.1) is 0 Å². The highest BCUT2D eigenvalue weighted by Gasteiger charge is 2.39. The van der Waals surface area contributed by atoms with E-state index in [-0.39, 0.29) is 24.6 Å². The average Bonchev–Trinajstić information content (AvgIpc) is 2.97. The van der Waals surface area contributed by atoms with Crippen molar-refractivity contribution in [2.24, 2.45) is 0 Å². The van der Waals surface area contributed by atoms with E-state index in [1.807, 2.05) is 0 Å². The first-order chi connectivity index (χ1) is 13.4. The Bertz CT molecular complexity index is 480. The zero-order chi connectivity index (χ0) is 20.7. The van der Waals surface area contributed by atoms with Crippen molar-refractivity contribution < 1.29 is 30.3 Å². The summed E-state index contributed by atoms with van der Waals surface area (Å²) in [5.74, 6) is -0.0489. The molecule has 2 saturated heterocycles. The number of likely N-dealkylation sites (tertiary alicyclic amines) is 1. The van der Waals surface area contributed by atoms with Crippen LogP contribution in [0.25, 0.3) is 0 Å². The third kappa shape index (κ3) is 6.11. The molecule has 7 atom stereocenters. The maximum atomic E-state index is 11.7. The predicted molar refractivity (Wildman–Crippen MR) is 105 cm³/mol. The van der Waals surface area contributed by atoms with E-state index >= 15 is 0 Å². The van der Waals surface area contributed by atoms with Gasteiger partial charge in [0.25, 0.3) is 0 Å². The van der Waals surface area contributed by atoms with Crippen molar-refractivity contribution in [2.75, 3.05) is 13.2 Å². The summed E-state index contributed by atoms with van der Waals surface area (Å²) in [6.45, 7) is 1.96. The SMILES string of the molecule is CC(=O)N1CCCC[C@H]1[C@H](O)[C@@H](O)CCCCCC[C@H]1N[C@@H](CO)[C@@H](O)[C@@H]1O. The molecule has 2 aliphatic heterocycles. The van der Waals surface area contributed by atoms with Gasteiger partial charge in [0.2, 0.25) is 5.91 Å². The first kappa shape index (κ1) is 23.5. The summed E-state index contributed by atoms with van der Waals surface area (Å²) >= 11 is 0. The Hall–Kier alpha value is -0.770. The second kappa shape index (κ2) is 11.4. The number of carbonyl (C=O) groups excluding carboxylic acids is 1. The van der Waals surface area contributed by atoms with Gasteiger partial charge < -0.3 is 35.7 Å². The van der Waals surface area contributed by atoms with Crippen LogP contribution in [0.4, 0.5) is 0 Å². The molecular formula is C20H38N2O6. The number of aliphatic hydroxyl groups is 5. The lowest BCUT2D eigenvalue weighted by molar-refractivity contribution is -0.138. The third-order valence-corrected chi connectivity index (χ3v) is 6.31. The molecule has 0 aromatic carbocycles. The highest BCUT2D eigenvalue weighted by Crippen LogP contribution is 2.24. The molecule has 0 saturated carbocycles. The van der Waals surface area contributed by atoms with E-state index in [9.17, 15) is 25.2 Å². The molecule has 8 nitrogen and oxygen atoms in total. The molecule has 0 spiro atoms. The van der Waals surface area contributed by atoms with Crippen LogP contribution in [0.5, 0.6) is 0 Å². The molecule has 0 unspecified atom stereocenters. The molecule has 2 heterocycles. The van der Waals surface area contributed by atoms with Gasteiger partial charge in [-0.25, -0.2) is 0 Å². The van der Waals surface area contributed by atoms with Crippen LogP contribution < -0.4 is 5.32 Å². The van der Waals surface area contributed by atoms with Crippen LogP contribution in [0.1, 0.15) is 64.7 Å². The topological polar surface area (TPSA) is 133 Å². The average molecular weight is 403 g/mol. The molecule has 164 valence electrons. The summed E-state index contributed by atoms with van der Waals surface area (Å²) in [4.78, 5) is 13.4. The van der Waals surface area contributed by atoms with Crippen molar-refractivity contribution in [3.8, 4) is 0 Å². The highest BCUT2D eigenvalue weighted by molar-refractivity contribution is 5.73. The molecule has 2 rings (SSSR count). The minimum absolute atomic E-state index is 0.0489. The van der Waals surface area contributed by atoms with Gasteiger partial charge in [0.05, 0.1) is 37.0 Å². The van der Waals surface area contributed by atoms with Crippen LogP contribution in [-0.4, -0.2) is 92.0 Å². The van der Waals surface area contributed by atoms with Crippen LogP contribution in [0, 0.1) is 0 Å². The number of amides is 1. The van der Waals surface area contributed by atoms with Gasteiger partial charge >= 0.3 is 0 Å². The third-order valence-electron chi connectivity index (χ3n) is 6.31. The van der Waals surface area contributed by atoms with Crippen molar-refractivity contribution in [2.45, 2.75) is 107 Å². The Morgan fingerprint density at radius 1 is 1.07 bits per heavy atom. The monoisotopic (exact) mass is 402 g/mol. The molecule has 0 radical (unpaired) electrons. The predicted octanol–water partition coefficient (Wildman–Crippen LogP) is -0.496. The fraction of sp³-hybridized carbons (Fsp3) is 0.950. The lowest BCUT2D eigenvalue weighted by atomic mass is 9.92. The minimum Gasteiger partial charge on any atom is -0.395 e. The zero-order valence-electron chi connectivity index (χ0n) is 16.9.